The van der Waals surface area contributed by atoms with Crippen molar-refractivity contribution in [2.45, 2.75) is 52.9 Å². The Bertz CT molecular complexity index is 672. The Morgan fingerprint density at radius 1 is 1.19 bits per heavy atom. The van der Waals surface area contributed by atoms with Gasteiger partial charge in [0.05, 0.1) is 0 Å². The average molecular weight is 359 g/mol. The van der Waals surface area contributed by atoms with E-state index >= 15 is 0 Å². The highest BCUT2D eigenvalue weighted by molar-refractivity contribution is 5.96. The van der Waals surface area contributed by atoms with E-state index in [1.807, 2.05) is 39.0 Å². The molecule has 0 saturated carbocycles. The van der Waals surface area contributed by atoms with E-state index in [0.717, 1.165) is 31.4 Å². The van der Waals surface area contributed by atoms with Crippen molar-refractivity contribution in [2.24, 2.45) is 5.92 Å². The first kappa shape index (κ1) is 19.9. The molecule has 2 N–H and O–H groups in total. The van der Waals surface area contributed by atoms with Gasteiger partial charge in [-0.05, 0) is 43.9 Å². The van der Waals surface area contributed by atoms with Crippen molar-refractivity contribution in [2.75, 3.05) is 23.7 Å². The Hall–Kier alpha value is -2.37. The summed E-state index contributed by atoms with van der Waals surface area (Å²) in [4.78, 5) is 37.9. The SMILES string of the molecule is CCC(C)C(=O)Nc1cccc(NC(=O)CCN2CCCCC2=O)c1C. The Morgan fingerprint density at radius 2 is 1.88 bits per heavy atom. The van der Waals surface area contributed by atoms with Crippen LogP contribution in [-0.2, 0) is 14.4 Å². The molecule has 1 fully saturated rings. The van der Waals surface area contributed by atoms with Gasteiger partial charge in [-0.25, -0.2) is 0 Å². The van der Waals surface area contributed by atoms with Gasteiger partial charge in [0.15, 0.2) is 0 Å². The average Bonchev–Trinajstić information content (AvgIpc) is 2.63. The minimum absolute atomic E-state index is 0.0253. The van der Waals surface area contributed by atoms with Gasteiger partial charge in [0, 0.05) is 43.2 Å². The number of hydrogen-bond acceptors (Lipinski definition) is 3. The molecule has 1 aromatic carbocycles. The number of carbonyl (C=O) groups excluding carboxylic acids is 3. The number of likely N-dealkylation sites (tertiary alicyclic amines) is 1. The fourth-order valence-corrected chi connectivity index (χ4v) is 2.90. The molecule has 142 valence electrons. The van der Waals surface area contributed by atoms with Crippen molar-refractivity contribution < 1.29 is 14.4 Å². The van der Waals surface area contributed by atoms with Crippen LogP contribution in [0.2, 0.25) is 0 Å². The summed E-state index contributed by atoms with van der Waals surface area (Å²) in [7, 11) is 0. The zero-order valence-corrected chi connectivity index (χ0v) is 15.9. The van der Waals surface area contributed by atoms with Crippen molar-refractivity contribution in [3.05, 3.63) is 23.8 Å². The molecule has 2 rings (SSSR count). The molecule has 3 amide bonds. The summed E-state index contributed by atoms with van der Waals surface area (Å²) in [6.07, 6.45) is 3.57. The lowest BCUT2D eigenvalue weighted by Crippen LogP contribution is -2.37. The quantitative estimate of drug-likeness (QED) is 0.784. The third-order valence-corrected chi connectivity index (χ3v) is 4.96. The Kier molecular flexibility index (Phi) is 7.18. The van der Waals surface area contributed by atoms with Crippen molar-refractivity contribution in [1.29, 1.82) is 0 Å². The zero-order chi connectivity index (χ0) is 19.1. The largest absolute Gasteiger partial charge is 0.342 e. The standard InChI is InChI=1S/C20H29N3O3/c1-4-14(2)20(26)22-17-9-7-8-16(15(17)3)21-18(24)11-13-23-12-6-5-10-19(23)25/h7-9,14H,4-6,10-13H2,1-3H3,(H,21,24)(H,22,26). The summed E-state index contributed by atoms with van der Waals surface area (Å²) in [5, 5.41) is 5.81. The molecule has 26 heavy (non-hydrogen) atoms. The summed E-state index contributed by atoms with van der Waals surface area (Å²) in [6, 6.07) is 5.46. The number of carbonyl (C=O) groups is 3. The van der Waals surface area contributed by atoms with Crippen LogP contribution >= 0.6 is 0 Å². The molecule has 1 heterocycles. The maximum atomic E-state index is 12.3. The number of piperidine rings is 1. The number of anilines is 2. The van der Waals surface area contributed by atoms with Gasteiger partial charge in [-0.2, -0.15) is 0 Å². The van der Waals surface area contributed by atoms with Crippen LogP contribution < -0.4 is 10.6 Å². The summed E-state index contributed by atoms with van der Waals surface area (Å²) in [6.45, 7) is 6.92. The molecule has 0 radical (unpaired) electrons. The monoisotopic (exact) mass is 359 g/mol. The van der Waals surface area contributed by atoms with Gasteiger partial charge >= 0.3 is 0 Å². The Balaban J connectivity index is 1.94. The number of rotatable bonds is 7. The Morgan fingerprint density at radius 3 is 2.54 bits per heavy atom. The third kappa shape index (κ3) is 5.31. The third-order valence-electron chi connectivity index (χ3n) is 4.96. The van der Waals surface area contributed by atoms with Gasteiger partial charge in [0.2, 0.25) is 17.7 Å². The predicted octanol–water partition coefficient (Wildman–Crippen LogP) is 3.32. The van der Waals surface area contributed by atoms with Gasteiger partial charge in [0.1, 0.15) is 0 Å². The van der Waals surface area contributed by atoms with E-state index in [-0.39, 0.29) is 30.1 Å². The first-order valence-electron chi connectivity index (χ1n) is 9.40. The van der Waals surface area contributed by atoms with Gasteiger partial charge in [-0.1, -0.05) is 19.9 Å². The smallest absolute Gasteiger partial charge is 0.227 e. The molecule has 6 heteroatoms. The molecule has 1 atom stereocenters. The van der Waals surface area contributed by atoms with Gasteiger partial charge in [0.25, 0.3) is 0 Å². The topological polar surface area (TPSA) is 78.5 Å². The van der Waals surface area contributed by atoms with E-state index in [9.17, 15) is 14.4 Å². The minimum atomic E-state index is -0.128. The summed E-state index contributed by atoms with van der Waals surface area (Å²) < 4.78 is 0. The van der Waals surface area contributed by atoms with E-state index in [4.69, 9.17) is 0 Å². The van der Waals surface area contributed by atoms with Crippen LogP contribution in [0, 0.1) is 12.8 Å². The maximum Gasteiger partial charge on any atom is 0.227 e. The van der Waals surface area contributed by atoms with Crippen molar-refractivity contribution in [3.63, 3.8) is 0 Å². The summed E-state index contributed by atoms with van der Waals surface area (Å²) in [5.74, 6) is -0.0794. The van der Waals surface area contributed by atoms with Crippen LogP contribution in [0.1, 0.15) is 51.5 Å². The lowest BCUT2D eigenvalue weighted by molar-refractivity contribution is -0.133. The summed E-state index contributed by atoms with van der Waals surface area (Å²) >= 11 is 0. The van der Waals surface area contributed by atoms with Gasteiger partial charge in [-0.3, -0.25) is 14.4 Å². The van der Waals surface area contributed by atoms with Gasteiger partial charge in [-0.15, -0.1) is 0 Å². The normalized spacial score (nSPS) is 15.5. The molecule has 6 nitrogen and oxygen atoms in total. The first-order chi connectivity index (χ1) is 12.4. The first-order valence-corrected chi connectivity index (χ1v) is 9.40. The molecular formula is C20H29N3O3. The van der Waals surface area contributed by atoms with Crippen LogP contribution in [0.3, 0.4) is 0 Å². The number of nitrogens with zero attached hydrogens (tertiary/aromatic N) is 1. The minimum Gasteiger partial charge on any atom is -0.342 e. The maximum absolute atomic E-state index is 12.3. The van der Waals surface area contributed by atoms with Crippen LogP contribution in [0.4, 0.5) is 11.4 Å². The van der Waals surface area contributed by atoms with E-state index in [2.05, 4.69) is 10.6 Å². The predicted molar refractivity (Wildman–Crippen MR) is 103 cm³/mol. The molecule has 1 aliphatic rings. The number of amides is 3. The Labute approximate surface area is 155 Å². The molecule has 1 saturated heterocycles. The molecule has 1 unspecified atom stereocenters. The molecule has 0 aliphatic carbocycles. The van der Waals surface area contributed by atoms with Crippen molar-refractivity contribution in [3.8, 4) is 0 Å². The van der Waals surface area contributed by atoms with Crippen LogP contribution in [-0.4, -0.2) is 35.7 Å². The molecule has 0 spiro atoms. The molecule has 1 aliphatic heterocycles. The molecule has 0 aromatic heterocycles. The molecular weight excluding hydrogens is 330 g/mol. The van der Waals surface area contributed by atoms with E-state index in [0.29, 0.717) is 24.3 Å². The van der Waals surface area contributed by atoms with Gasteiger partial charge < -0.3 is 15.5 Å². The second-order valence-electron chi connectivity index (χ2n) is 6.91. The highest BCUT2D eigenvalue weighted by atomic mass is 16.2. The van der Waals surface area contributed by atoms with Crippen molar-refractivity contribution in [1.82, 2.24) is 4.90 Å². The highest BCUT2D eigenvalue weighted by Crippen LogP contribution is 2.24. The van der Waals surface area contributed by atoms with Crippen LogP contribution in [0.15, 0.2) is 18.2 Å². The van der Waals surface area contributed by atoms with E-state index in [1.165, 1.54) is 0 Å². The number of hydrogen-bond donors (Lipinski definition) is 2. The second kappa shape index (κ2) is 9.36. The second-order valence-corrected chi connectivity index (χ2v) is 6.91. The van der Waals surface area contributed by atoms with Crippen molar-refractivity contribution >= 4 is 29.1 Å². The fourth-order valence-electron chi connectivity index (χ4n) is 2.90. The molecule has 1 aromatic rings. The molecule has 0 bridgehead atoms. The van der Waals surface area contributed by atoms with Crippen LogP contribution in [0.5, 0.6) is 0 Å². The number of nitrogens with one attached hydrogen (secondary N) is 2. The number of benzene rings is 1. The van der Waals surface area contributed by atoms with E-state index in [1.54, 1.807) is 4.90 Å². The summed E-state index contributed by atoms with van der Waals surface area (Å²) in [5.41, 5.74) is 2.22. The van der Waals surface area contributed by atoms with Crippen LogP contribution in [0.25, 0.3) is 0 Å². The fraction of sp³-hybridized carbons (Fsp3) is 0.550. The zero-order valence-electron chi connectivity index (χ0n) is 15.9. The lowest BCUT2D eigenvalue weighted by Gasteiger charge is -2.26. The lowest BCUT2D eigenvalue weighted by atomic mass is 10.1. The van der Waals surface area contributed by atoms with E-state index < -0.39 is 0 Å². The highest BCUT2D eigenvalue weighted by Gasteiger charge is 2.19.